The summed E-state index contributed by atoms with van der Waals surface area (Å²) < 4.78 is 0. The molecule has 3 rings (SSSR count). The molecule has 1 heterocycles. The number of nitrogens with zero attached hydrogens (tertiary/aromatic N) is 2. The Kier molecular flexibility index (Phi) is 7.53. The molecule has 128 valence electrons. The molecule has 3 nitrogen and oxygen atoms in total. The number of aliphatic imine (C=N–C) groups is 1. The van der Waals surface area contributed by atoms with Crippen LogP contribution >= 0.6 is 35.7 Å². The van der Waals surface area contributed by atoms with Gasteiger partial charge in [0.05, 0.1) is 0 Å². The van der Waals surface area contributed by atoms with E-state index in [1.54, 1.807) is 0 Å². The molecule has 0 bridgehead atoms. The van der Waals surface area contributed by atoms with E-state index in [4.69, 9.17) is 4.99 Å². The van der Waals surface area contributed by atoms with Crippen LogP contribution in [-0.4, -0.2) is 42.3 Å². The van der Waals surface area contributed by atoms with Gasteiger partial charge in [0.2, 0.25) is 0 Å². The highest BCUT2D eigenvalue weighted by atomic mass is 127. The zero-order valence-electron chi connectivity index (χ0n) is 14.1. The van der Waals surface area contributed by atoms with Gasteiger partial charge in [0, 0.05) is 36.3 Å². The third-order valence-electron chi connectivity index (χ3n) is 4.55. The minimum absolute atomic E-state index is 0. The Morgan fingerprint density at radius 1 is 1.35 bits per heavy atom. The van der Waals surface area contributed by atoms with Crippen molar-refractivity contribution in [2.24, 2.45) is 16.8 Å². The van der Waals surface area contributed by atoms with E-state index >= 15 is 0 Å². The number of thioether (sulfide) groups is 1. The minimum atomic E-state index is 0. The molecule has 0 radical (unpaired) electrons. The van der Waals surface area contributed by atoms with Crippen molar-refractivity contribution >= 4 is 41.7 Å². The lowest BCUT2D eigenvalue weighted by Crippen LogP contribution is -2.41. The first-order valence-electron chi connectivity index (χ1n) is 8.50. The summed E-state index contributed by atoms with van der Waals surface area (Å²) in [6, 6.07) is 11.4. The predicted octanol–water partition coefficient (Wildman–Crippen LogP) is 4.09. The molecule has 2 fully saturated rings. The van der Waals surface area contributed by atoms with Crippen LogP contribution in [0.4, 0.5) is 0 Å². The fourth-order valence-electron chi connectivity index (χ4n) is 2.97. The Morgan fingerprint density at radius 3 is 2.74 bits per heavy atom. The first-order valence-corrected chi connectivity index (χ1v) is 9.48. The molecule has 1 aliphatic carbocycles. The number of hydrogen-bond acceptors (Lipinski definition) is 2. The number of benzene rings is 1. The minimum Gasteiger partial charge on any atom is -0.353 e. The third kappa shape index (κ3) is 5.55. The highest BCUT2D eigenvalue weighted by Crippen LogP contribution is 2.30. The van der Waals surface area contributed by atoms with Gasteiger partial charge in [-0.3, -0.25) is 4.99 Å². The zero-order chi connectivity index (χ0) is 15.4. The maximum absolute atomic E-state index is 4.70. The van der Waals surface area contributed by atoms with Gasteiger partial charge < -0.3 is 10.2 Å². The molecule has 3 atom stereocenters. The van der Waals surface area contributed by atoms with E-state index in [9.17, 15) is 0 Å². The molecule has 0 spiro atoms. The summed E-state index contributed by atoms with van der Waals surface area (Å²) in [5.41, 5.74) is 0. The van der Waals surface area contributed by atoms with Gasteiger partial charge >= 0.3 is 0 Å². The second kappa shape index (κ2) is 9.16. The average Bonchev–Trinajstić information content (AvgIpc) is 3.04. The second-order valence-electron chi connectivity index (χ2n) is 6.49. The molecular formula is C18H28IN3S. The van der Waals surface area contributed by atoms with Crippen LogP contribution in [0.3, 0.4) is 0 Å². The standard InChI is InChI=1S/C18H27N3S.HI/c1-3-19-18(20-17-11-14(17)2)21-10-9-15(12-21)13-22-16-7-5-4-6-8-16;/h4-8,14-15,17H,3,9-13H2,1-2H3,(H,19,20);1H. The molecule has 1 aliphatic heterocycles. The molecule has 1 aromatic rings. The van der Waals surface area contributed by atoms with Gasteiger partial charge in [-0.25, -0.2) is 0 Å². The van der Waals surface area contributed by atoms with Crippen molar-refractivity contribution in [1.29, 1.82) is 0 Å². The van der Waals surface area contributed by atoms with Crippen molar-refractivity contribution in [3.63, 3.8) is 0 Å². The number of rotatable bonds is 5. The molecule has 3 unspecified atom stereocenters. The van der Waals surface area contributed by atoms with Crippen LogP contribution in [0.5, 0.6) is 0 Å². The van der Waals surface area contributed by atoms with Crippen LogP contribution in [-0.2, 0) is 0 Å². The van der Waals surface area contributed by atoms with Crippen molar-refractivity contribution < 1.29 is 0 Å². The van der Waals surface area contributed by atoms with E-state index < -0.39 is 0 Å². The molecule has 0 amide bonds. The fourth-order valence-corrected chi connectivity index (χ4v) is 4.02. The van der Waals surface area contributed by atoms with Gasteiger partial charge in [0.15, 0.2) is 5.96 Å². The molecule has 1 saturated heterocycles. The van der Waals surface area contributed by atoms with E-state index in [1.165, 1.54) is 23.5 Å². The number of hydrogen-bond donors (Lipinski definition) is 1. The third-order valence-corrected chi connectivity index (χ3v) is 5.79. The van der Waals surface area contributed by atoms with Crippen LogP contribution in [0.25, 0.3) is 0 Å². The van der Waals surface area contributed by atoms with Crippen molar-refractivity contribution in [1.82, 2.24) is 10.2 Å². The lowest BCUT2D eigenvalue weighted by molar-refractivity contribution is 0.471. The lowest BCUT2D eigenvalue weighted by atomic mass is 10.2. The zero-order valence-corrected chi connectivity index (χ0v) is 17.2. The van der Waals surface area contributed by atoms with Crippen molar-refractivity contribution in [2.45, 2.75) is 37.6 Å². The molecule has 1 saturated carbocycles. The molecule has 2 aliphatic rings. The van der Waals surface area contributed by atoms with Crippen LogP contribution in [0, 0.1) is 11.8 Å². The summed E-state index contributed by atoms with van der Waals surface area (Å²) in [7, 11) is 0. The highest BCUT2D eigenvalue weighted by molar-refractivity contribution is 14.0. The summed E-state index contributed by atoms with van der Waals surface area (Å²) in [6.07, 6.45) is 2.58. The molecule has 23 heavy (non-hydrogen) atoms. The summed E-state index contributed by atoms with van der Waals surface area (Å²) in [4.78, 5) is 8.54. The van der Waals surface area contributed by atoms with E-state index in [0.29, 0.717) is 6.04 Å². The number of nitrogens with one attached hydrogen (secondary N) is 1. The normalized spacial score (nSPS) is 26.8. The average molecular weight is 445 g/mol. The topological polar surface area (TPSA) is 27.6 Å². The first kappa shape index (κ1) is 18.9. The molecular weight excluding hydrogens is 417 g/mol. The van der Waals surface area contributed by atoms with E-state index in [1.807, 2.05) is 11.8 Å². The quantitative estimate of drug-likeness (QED) is 0.320. The van der Waals surface area contributed by atoms with Crippen molar-refractivity contribution in [3.05, 3.63) is 30.3 Å². The van der Waals surface area contributed by atoms with Crippen LogP contribution in [0.15, 0.2) is 40.2 Å². The van der Waals surface area contributed by atoms with E-state index in [0.717, 1.165) is 37.4 Å². The summed E-state index contributed by atoms with van der Waals surface area (Å²) >= 11 is 1.98. The lowest BCUT2D eigenvalue weighted by Gasteiger charge is -2.22. The molecule has 1 aromatic carbocycles. The number of likely N-dealkylation sites (tertiary alicyclic amines) is 1. The Labute approximate surface area is 161 Å². The smallest absolute Gasteiger partial charge is 0.194 e. The van der Waals surface area contributed by atoms with Gasteiger partial charge in [-0.1, -0.05) is 25.1 Å². The molecule has 0 aromatic heterocycles. The Morgan fingerprint density at radius 2 is 2.09 bits per heavy atom. The van der Waals surface area contributed by atoms with Gasteiger partial charge in [-0.2, -0.15) is 0 Å². The molecule has 5 heteroatoms. The Balaban J connectivity index is 0.00000192. The largest absolute Gasteiger partial charge is 0.353 e. The van der Waals surface area contributed by atoms with Crippen LogP contribution in [0.1, 0.15) is 26.7 Å². The maximum atomic E-state index is 4.70. The Bertz CT molecular complexity index is 508. The SMILES string of the molecule is CCN=C(NC1CC1C)N1CCC(CSc2ccccc2)C1.I. The predicted molar refractivity (Wildman–Crippen MR) is 111 cm³/mol. The summed E-state index contributed by atoms with van der Waals surface area (Å²) in [5, 5.41) is 3.65. The van der Waals surface area contributed by atoms with Crippen LogP contribution < -0.4 is 5.32 Å². The van der Waals surface area contributed by atoms with Crippen molar-refractivity contribution in [2.75, 3.05) is 25.4 Å². The fraction of sp³-hybridized carbons (Fsp3) is 0.611. The van der Waals surface area contributed by atoms with E-state index in [-0.39, 0.29) is 24.0 Å². The van der Waals surface area contributed by atoms with Gasteiger partial charge in [-0.15, -0.1) is 35.7 Å². The monoisotopic (exact) mass is 445 g/mol. The van der Waals surface area contributed by atoms with Crippen molar-refractivity contribution in [3.8, 4) is 0 Å². The van der Waals surface area contributed by atoms with Gasteiger partial charge in [0.25, 0.3) is 0 Å². The van der Waals surface area contributed by atoms with Gasteiger partial charge in [0.1, 0.15) is 0 Å². The second-order valence-corrected chi connectivity index (χ2v) is 7.58. The number of guanidine groups is 1. The summed E-state index contributed by atoms with van der Waals surface area (Å²) in [5.74, 6) is 3.93. The van der Waals surface area contributed by atoms with Crippen LogP contribution in [0.2, 0.25) is 0 Å². The first-order chi connectivity index (χ1) is 10.8. The van der Waals surface area contributed by atoms with Gasteiger partial charge in [-0.05, 0) is 43.7 Å². The highest BCUT2D eigenvalue weighted by Gasteiger charge is 2.35. The number of halogens is 1. The maximum Gasteiger partial charge on any atom is 0.194 e. The summed E-state index contributed by atoms with van der Waals surface area (Å²) in [6.45, 7) is 7.59. The van der Waals surface area contributed by atoms with E-state index in [2.05, 4.69) is 54.4 Å². The molecule has 1 N–H and O–H groups in total. The Hall–Kier alpha value is -0.430.